The topological polar surface area (TPSA) is 107 Å². The van der Waals surface area contributed by atoms with Crippen molar-refractivity contribution in [2.75, 3.05) is 44.5 Å². The van der Waals surface area contributed by atoms with Crippen LogP contribution < -0.4 is 11.1 Å². The lowest BCUT2D eigenvalue weighted by Gasteiger charge is -2.09. The number of rotatable bonds is 8. The Labute approximate surface area is 105 Å². The summed E-state index contributed by atoms with van der Waals surface area (Å²) in [6.45, 7) is 1.93. The van der Waals surface area contributed by atoms with Crippen molar-refractivity contribution < 1.29 is 19.4 Å². The van der Waals surface area contributed by atoms with Crippen molar-refractivity contribution in [3.63, 3.8) is 0 Å². The summed E-state index contributed by atoms with van der Waals surface area (Å²) in [4.78, 5) is 14.9. The Morgan fingerprint density at radius 3 is 2.94 bits per heavy atom. The molecule has 0 bridgehead atoms. The van der Waals surface area contributed by atoms with Crippen LogP contribution in [-0.2, 0) is 9.47 Å². The zero-order valence-corrected chi connectivity index (χ0v) is 10.2. The molecule has 0 radical (unpaired) electrons. The molecule has 0 aliphatic carbocycles. The summed E-state index contributed by atoms with van der Waals surface area (Å²) >= 11 is 0. The third-order valence-electron chi connectivity index (χ3n) is 2.11. The van der Waals surface area contributed by atoms with Crippen molar-refractivity contribution in [1.82, 2.24) is 4.98 Å². The first-order valence-corrected chi connectivity index (χ1v) is 5.44. The van der Waals surface area contributed by atoms with E-state index in [1.165, 1.54) is 12.3 Å². The van der Waals surface area contributed by atoms with Crippen molar-refractivity contribution in [3.8, 4) is 0 Å². The SMILES string of the molecule is COCCOCCNc1ncc(N)cc1C(=O)O. The van der Waals surface area contributed by atoms with E-state index in [1.807, 2.05) is 0 Å². The molecule has 1 aromatic heterocycles. The van der Waals surface area contributed by atoms with Gasteiger partial charge in [-0.2, -0.15) is 0 Å². The molecule has 0 spiro atoms. The second kappa shape index (κ2) is 7.46. The zero-order valence-electron chi connectivity index (χ0n) is 10.2. The van der Waals surface area contributed by atoms with E-state index >= 15 is 0 Å². The Morgan fingerprint density at radius 2 is 2.28 bits per heavy atom. The summed E-state index contributed by atoms with van der Waals surface area (Å²) in [6.07, 6.45) is 1.40. The van der Waals surface area contributed by atoms with Gasteiger partial charge in [0.1, 0.15) is 11.4 Å². The maximum Gasteiger partial charge on any atom is 0.339 e. The van der Waals surface area contributed by atoms with Crippen LogP contribution in [0.25, 0.3) is 0 Å². The highest BCUT2D eigenvalue weighted by Crippen LogP contribution is 2.14. The van der Waals surface area contributed by atoms with Gasteiger partial charge < -0.3 is 25.6 Å². The van der Waals surface area contributed by atoms with Gasteiger partial charge in [0.15, 0.2) is 0 Å². The molecule has 0 aliphatic heterocycles. The summed E-state index contributed by atoms with van der Waals surface area (Å²) in [5, 5.41) is 11.9. The van der Waals surface area contributed by atoms with E-state index in [4.69, 9.17) is 20.3 Å². The number of hydrogen-bond acceptors (Lipinski definition) is 6. The van der Waals surface area contributed by atoms with Gasteiger partial charge >= 0.3 is 5.97 Å². The zero-order chi connectivity index (χ0) is 13.4. The van der Waals surface area contributed by atoms with Crippen molar-refractivity contribution in [2.45, 2.75) is 0 Å². The monoisotopic (exact) mass is 255 g/mol. The molecule has 7 heteroatoms. The number of carbonyl (C=O) groups is 1. The number of carboxylic acids is 1. The Hall–Kier alpha value is -1.86. The van der Waals surface area contributed by atoms with Gasteiger partial charge in [-0.15, -0.1) is 0 Å². The molecule has 18 heavy (non-hydrogen) atoms. The van der Waals surface area contributed by atoms with Gasteiger partial charge in [-0.25, -0.2) is 9.78 Å². The predicted octanol–water partition coefficient (Wildman–Crippen LogP) is 0.437. The van der Waals surface area contributed by atoms with Crippen LogP contribution in [0.15, 0.2) is 12.3 Å². The van der Waals surface area contributed by atoms with Crippen molar-refractivity contribution >= 4 is 17.5 Å². The van der Waals surface area contributed by atoms with Crippen LogP contribution in [-0.4, -0.2) is 49.5 Å². The Balaban J connectivity index is 2.44. The molecule has 0 fully saturated rings. The molecule has 7 nitrogen and oxygen atoms in total. The third-order valence-corrected chi connectivity index (χ3v) is 2.11. The highest BCUT2D eigenvalue weighted by Gasteiger charge is 2.11. The minimum absolute atomic E-state index is 0.0480. The summed E-state index contributed by atoms with van der Waals surface area (Å²) < 4.78 is 10.1. The lowest BCUT2D eigenvalue weighted by atomic mass is 10.2. The van der Waals surface area contributed by atoms with Crippen LogP contribution in [0.3, 0.4) is 0 Å². The summed E-state index contributed by atoms with van der Waals surface area (Å²) in [5.74, 6) is -0.787. The fourth-order valence-electron chi connectivity index (χ4n) is 1.27. The van der Waals surface area contributed by atoms with E-state index in [-0.39, 0.29) is 11.4 Å². The maximum absolute atomic E-state index is 11.0. The number of anilines is 2. The van der Waals surface area contributed by atoms with E-state index in [9.17, 15) is 4.79 Å². The molecule has 0 unspecified atom stereocenters. The van der Waals surface area contributed by atoms with Gasteiger partial charge in [0.25, 0.3) is 0 Å². The van der Waals surface area contributed by atoms with Crippen LogP contribution in [0, 0.1) is 0 Å². The number of aromatic carboxylic acids is 1. The van der Waals surface area contributed by atoms with Crippen molar-refractivity contribution in [3.05, 3.63) is 17.8 Å². The predicted molar refractivity (Wildman–Crippen MR) is 66.8 cm³/mol. The van der Waals surface area contributed by atoms with Crippen molar-refractivity contribution in [2.24, 2.45) is 0 Å². The normalized spacial score (nSPS) is 10.3. The summed E-state index contributed by atoms with van der Waals surface area (Å²) in [6, 6.07) is 1.36. The van der Waals surface area contributed by atoms with Crippen LogP contribution in [0.5, 0.6) is 0 Å². The van der Waals surface area contributed by atoms with Gasteiger partial charge in [0.05, 0.1) is 31.7 Å². The van der Waals surface area contributed by atoms with E-state index in [2.05, 4.69) is 10.3 Å². The second-order valence-corrected chi connectivity index (χ2v) is 3.50. The average Bonchev–Trinajstić information content (AvgIpc) is 2.35. The summed E-state index contributed by atoms with van der Waals surface area (Å²) in [7, 11) is 1.60. The Kier molecular flexibility index (Phi) is 5.89. The van der Waals surface area contributed by atoms with Gasteiger partial charge in [0.2, 0.25) is 0 Å². The molecule has 0 atom stereocenters. The first-order chi connectivity index (χ1) is 8.65. The Bertz CT molecular complexity index is 398. The molecular formula is C11H17N3O4. The fourth-order valence-corrected chi connectivity index (χ4v) is 1.27. The number of nitrogens with one attached hydrogen (secondary N) is 1. The number of pyridine rings is 1. The molecule has 0 saturated heterocycles. The molecule has 100 valence electrons. The number of nitrogen functional groups attached to an aromatic ring is 1. The number of aromatic nitrogens is 1. The van der Waals surface area contributed by atoms with Gasteiger partial charge in [-0.3, -0.25) is 0 Å². The van der Waals surface area contributed by atoms with Gasteiger partial charge in [0, 0.05) is 13.7 Å². The van der Waals surface area contributed by atoms with E-state index in [0.29, 0.717) is 32.1 Å². The molecular weight excluding hydrogens is 238 g/mol. The van der Waals surface area contributed by atoms with E-state index in [0.717, 1.165) is 0 Å². The summed E-state index contributed by atoms with van der Waals surface area (Å²) in [5.41, 5.74) is 5.84. The number of nitrogens with two attached hydrogens (primary N) is 1. The first-order valence-electron chi connectivity index (χ1n) is 5.44. The highest BCUT2D eigenvalue weighted by molar-refractivity contribution is 5.94. The van der Waals surface area contributed by atoms with Gasteiger partial charge in [-0.1, -0.05) is 0 Å². The minimum Gasteiger partial charge on any atom is -0.478 e. The smallest absolute Gasteiger partial charge is 0.339 e. The quantitative estimate of drug-likeness (QED) is 0.578. The van der Waals surface area contributed by atoms with Crippen molar-refractivity contribution in [1.29, 1.82) is 0 Å². The number of carboxylic acid groups (broad SMARTS) is 1. The minimum atomic E-state index is -1.07. The van der Waals surface area contributed by atoms with E-state index < -0.39 is 5.97 Å². The number of methoxy groups -OCH3 is 1. The molecule has 0 aliphatic rings. The van der Waals surface area contributed by atoms with Gasteiger partial charge in [-0.05, 0) is 6.07 Å². The van der Waals surface area contributed by atoms with Crippen LogP contribution in [0.2, 0.25) is 0 Å². The fraction of sp³-hybridized carbons (Fsp3) is 0.455. The number of nitrogens with zero attached hydrogens (tertiary/aromatic N) is 1. The molecule has 0 aromatic carbocycles. The van der Waals surface area contributed by atoms with Crippen LogP contribution in [0.1, 0.15) is 10.4 Å². The lowest BCUT2D eigenvalue weighted by Crippen LogP contribution is -2.15. The first kappa shape index (κ1) is 14.2. The lowest BCUT2D eigenvalue weighted by molar-refractivity contribution is 0.0696. The largest absolute Gasteiger partial charge is 0.478 e. The molecule has 4 N–H and O–H groups in total. The van der Waals surface area contributed by atoms with Crippen LogP contribution in [0.4, 0.5) is 11.5 Å². The number of hydrogen-bond donors (Lipinski definition) is 3. The van der Waals surface area contributed by atoms with Crippen LogP contribution >= 0.6 is 0 Å². The third kappa shape index (κ3) is 4.56. The molecule has 1 aromatic rings. The number of ether oxygens (including phenoxy) is 2. The maximum atomic E-state index is 11.0. The molecule has 0 amide bonds. The molecule has 0 saturated carbocycles. The second-order valence-electron chi connectivity index (χ2n) is 3.50. The standard InChI is InChI=1S/C11H17N3O4/c1-17-4-5-18-3-2-13-10-9(11(15)16)6-8(12)7-14-10/h6-7H,2-5,12H2,1H3,(H,13,14)(H,15,16). The molecule has 1 heterocycles. The highest BCUT2D eigenvalue weighted by atomic mass is 16.5. The molecule has 1 rings (SSSR count). The Morgan fingerprint density at radius 1 is 1.50 bits per heavy atom. The van der Waals surface area contributed by atoms with E-state index in [1.54, 1.807) is 7.11 Å². The average molecular weight is 255 g/mol.